The SMILES string of the molecule is Cl.Nc1cnc2c(c1)OCCO2. The molecule has 0 spiro atoms. The zero-order valence-corrected chi connectivity index (χ0v) is 7.13. The number of nitrogens with zero attached hydrogens (tertiary/aromatic N) is 1. The quantitative estimate of drug-likeness (QED) is 0.656. The minimum atomic E-state index is 0. The summed E-state index contributed by atoms with van der Waals surface area (Å²) in [6, 6.07) is 1.71. The number of halogens is 1. The van der Waals surface area contributed by atoms with Crippen LogP contribution in [0.1, 0.15) is 0 Å². The summed E-state index contributed by atoms with van der Waals surface area (Å²) < 4.78 is 10.4. The van der Waals surface area contributed by atoms with E-state index in [1.165, 1.54) is 0 Å². The predicted molar refractivity (Wildman–Crippen MR) is 46.9 cm³/mol. The second-order valence-corrected chi connectivity index (χ2v) is 2.27. The van der Waals surface area contributed by atoms with Gasteiger partial charge in [0.2, 0.25) is 0 Å². The minimum absolute atomic E-state index is 0. The average molecular weight is 189 g/mol. The number of hydrogen-bond acceptors (Lipinski definition) is 4. The third-order valence-electron chi connectivity index (χ3n) is 1.42. The molecule has 2 heterocycles. The van der Waals surface area contributed by atoms with Gasteiger partial charge in [0, 0.05) is 6.07 Å². The monoisotopic (exact) mass is 188 g/mol. The fraction of sp³-hybridized carbons (Fsp3) is 0.286. The molecule has 2 N–H and O–H groups in total. The van der Waals surface area contributed by atoms with E-state index in [9.17, 15) is 0 Å². The largest absolute Gasteiger partial charge is 0.484 e. The van der Waals surface area contributed by atoms with Crippen LogP contribution in [0.25, 0.3) is 0 Å². The normalized spacial score (nSPS) is 13.3. The third-order valence-corrected chi connectivity index (χ3v) is 1.42. The van der Waals surface area contributed by atoms with Gasteiger partial charge in [0.25, 0.3) is 5.88 Å². The minimum Gasteiger partial charge on any atom is -0.484 e. The second-order valence-electron chi connectivity index (χ2n) is 2.27. The van der Waals surface area contributed by atoms with Crippen LogP contribution in [0, 0.1) is 0 Å². The maximum absolute atomic E-state index is 5.48. The molecule has 0 unspecified atom stereocenters. The molecule has 0 atom stereocenters. The van der Waals surface area contributed by atoms with Crippen molar-refractivity contribution in [1.82, 2.24) is 4.98 Å². The van der Waals surface area contributed by atoms with Crippen LogP contribution in [0.4, 0.5) is 5.69 Å². The highest BCUT2D eigenvalue weighted by Crippen LogP contribution is 2.28. The van der Waals surface area contributed by atoms with Gasteiger partial charge in [0.1, 0.15) is 13.2 Å². The number of aromatic nitrogens is 1. The van der Waals surface area contributed by atoms with Gasteiger partial charge in [-0.1, -0.05) is 0 Å². The van der Waals surface area contributed by atoms with E-state index in [4.69, 9.17) is 15.2 Å². The molecule has 0 amide bonds. The summed E-state index contributed by atoms with van der Waals surface area (Å²) in [5.41, 5.74) is 6.08. The fourth-order valence-corrected chi connectivity index (χ4v) is 0.949. The number of pyridine rings is 1. The predicted octanol–water partition coefficient (Wildman–Crippen LogP) is 0.857. The molecule has 1 aliphatic rings. The van der Waals surface area contributed by atoms with E-state index in [1.807, 2.05) is 0 Å². The van der Waals surface area contributed by atoms with Gasteiger partial charge in [0.05, 0.1) is 11.9 Å². The summed E-state index contributed by atoms with van der Waals surface area (Å²) in [7, 11) is 0. The molecule has 12 heavy (non-hydrogen) atoms. The van der Waals surface area contributed by atoms with E-state index in [2.05, 4.69) is 4.98 Å². The van der Waals surface area contributed by atoms with Crippen molar-refractivity contribution < 1.29 is 9.47 Å². The summed E-state index contributed by atoms with van der Waals surface area (Å²) >= 11 is 0. The molecule has 0 bridgehead atoms. The lowest BCUT2D eigenvalue weighted by molar-refractivity contribution is 0.164. The Morgan fingerprint density at radius 1 is 1.33 bits per heavy atom. The van der Waals surface area contributed by atoms with Crippen LogP contribution in [0.2, 0.25) is 0 Å². The molecule has 0 aliphatic carbocycles. The zero-order valence-electron chi connectivity index (χ0n) is 6.32. The van der Waals surface area contributed by atoms with Gasteiger partial charge in [-0.15, -0.1) is 12.4 Å². The fourth-order valence-electron chi connectivity index (χ4n) is 0.949. The molecule has 1 aromatic heterocycles. The Hall–Kier alpha value is -1.16. The van der Waals surface area contributed by atoms with E-state index in [0.717, 1.165) is 0 Å². The molecule has 0 aromatic carbocycles. The molecule has 0 fully saturated rings. The highest BCUT2D eigenvalue weighted by atomic mass is 35.5. The number of rotatable bonds is 0. The van der Waals surface area contributed by atoms with Crippen LogP contribution in [0.3, 0.4) is 0 Å². The lowest BCUT2D eigenvalue weighted by atomic mass is 10.4. The smallest absolute Gasteiger partial charge is 0.257 e. The Bertz CT molecular complexity index is 280. The van der Waals surface area contributed by atoms with Gasteiger partial charge in [-0.2, -0.15) is 0 Å². The van der Waals surface area contributed by atoms with E-state index in [0.29, 0.717) is 30.5 Å². The van der Waals surface area contributed by atoms with Crippen molar-refractivity contribution in [2.75, 3.05) is 18.9 Å². The van der Waals surface area contributed by atoms with Gasteiger partial charge >= 0.3 is 0 Å². The van der Waals surface area contributed by atoms with Crippen LogP contribution < -0.4 is 15.2 Å². The second kappa shape index (κ2) is 3.49. The number of nitrogens with two attached hydrogens (primary N) is 1. The van der Waals surface area contributed by atoms with E-state index >= 15 is 0 Å². The van der Waals surface area contributed by atoms with Crippen LogP contribution in [-0.2, 0) is 0 Å². The maximum atomic E-state index is 5.48. The molecule has 4 nitrogen and oxygen atoms in total. The van der Waals surface area contributed by atoms with Gasteiger partial charge in [-0.3, -0.25) is 0 Å². The summed E-state index contributed by atoms with van der Waals surface area (Å²) in [4.78, 5) is 3.95. The Kier molecular flexibility index (Phi) is 2.60. The first-order valence-corrected chi connectivity index (χ1v) is 3.37. The molecule has 1 aromatic rings. The molecule has 0 saturated heterocycles. The topological polar surface area (TPSA) is 57.4 Å². The van der Waals surface area contributed by atoms with Crippen LogP contribution >= 0.6 is 12.4 Å². The molecule has 5 heteroatoms. The first-order chi connectivity index (χ1) is 5.36. The molecular formula is C7H9ClN2O2. The van der Waals surface area contributed by atoms with Gasteiger partial charge in [-0.05, 0) is 0 Å². The molecule has 0 radical (unpaired) electrons. The summed E-state index contributed by atoms with van der Waals surface area (Å²) in [5.74, 6) is 1.17. The Morgan fingerprint density at radius 2 is 2.08 bits per heavy atom. The van der Waals surface area contributed by atoms with Crippen molar-refractivity contribution >= 4 is 18.1 Å². The Morgan fingerprint density at radius 3 is 2.92 bits per heavy atom. The first kappa shape index (κ1) is 8.93. The van der Waals surface area contributed by atoms with E-state index in [1.54, 1.807) is 12.3 Å². The summed E-state index contributed by atoms with van der Waals surface area (Å²) in [6.45, 7) is 1.13. The van der Waals surface area contributed by atoms with Crippen LogP contribution in [-0.4, -0.2) is 18.2 Å². The maximum Gasteiger partial charge on any atom is 0.257 e. The van der Waals surface area contributed by atoms with Gasteiger partial charge in [0.15, 0.2) is 5.75 Å². The Balaban J connectivity index is 0.000000720. The molecule has 2 rings (SSSR count). The van der Waals surface area contributed by atoms with Crippen LogP contribution in [0.5, 0.6) is 11.6 Å². The Labute approximate surface area is 76.1 Å². The zero-order chi connectivity index (χ0) is 7.68. The molecule has 0 saturated carbocycles. The number of fused-ring (bicyclic) bond motifs is 1. The van der Waals surface area contributed by atoms with Gasteiger partial charge < -0.3 is 15.2 Å². The van der Waals surface area contributed by atoms with Gasteiger partial charge in [-0.25, -0.2) is 4.98 Å². The van der Waals surface area contributed by atoms with Crippen molar-refractivity contribution in [3.8, 4) is 11.6 Å². The summed E-state index contributed by atoms with van der Waals surface area (Å²) in [6.07, 6.45) is 1.55. The lowest BCUT2D eigenvalue weighted by Gasteiger charge is -2.16. The molecule has 66 valence electrons. The lowest BCUT2D eigenvalue weighted by Crippen LogP contribution is -2.16. The number of anilines is 1. The highest BCUT2D eigenvalue weighted by molar-refractivity contribution is 5.85. The third kappa shape index (κ3) is 1.53. The molecular weight excluding hydrogens is 180 g/mol. The number of ether oxygens (including phenoxy) is 2. The highest BCUT2D eigenvalue weighted by Gasteiger charge is 2.11. The van der Waals surface area contributed by atoms with Crippen molar-refractivity contribution in [2.24, 2.45) is 0 Å². The van der Waals surface area contributed by atoms with E-state index < -0.39 is 0 Å². The van der Waals surface area contributed by atoms with Crippen LogP contribution in [0.15, 0.2) is 12.3 Å². The number of hydrogen-bond donors (Lipinski definition) is 1. The average Bonchev–Trinajstić information content (AvgIpc) is 2.04. The van der Waals surface area contributed by atoms with Crippen molar-refractivity contribution in [3.05, 3.63) is 12.3 Å². The number of nitrogen functional groups attached to an aromatic ring is 1. The molecule has 1 aliphatic heterocycles. The van der Waals surface area contributed by atoms with Crippen molar-refractivity contribution in [3.63, 3.8) is 0 Å². The standard InChI is InChI=1S/C7H8N2O2.ClH/c8-5-3-6-7(9-4-5)11-2-1-10-6;/h3-4H,1-2,8H2;1H. The van der Waals surface area contributed by atoms with Crippen molar-refractivity contribution in [2.45, 2.75) is 0 Å². The van der Waals surface area contributed by atoms with E-state index in [-0.39, 0.29) is 12.4 Å². The first-order valence-electron chi connectivity index (χ1n) is 3.37. The summed E-state index contributed by atoms with van der Waals surface area (Å²) in [5, 5.41) is 0. The van der Waals surface area contributed by atoms with Crippen molar-refractivity contribution in [1.29, 1.82) is 0 Å².